The van der Waals surface area contributed by atoms with Gasteiger partial charge in [-0.15, -0.1) is 0 Å². The molecule has 1 heterocycles. The van der Waals surface area contributed by atoms with Crippen LogP contribution in [0.25, 0.3) is 10.9 Å². The zero-order valence-corrected chi connectivity index (χ0v) is 10.3. The molecule has 0 aliphatic heterocycles. The molecule has 1 aliphatic carbocycles. The first-order valence-electron chi connectivity index (χ1n) is 6.04. The Bertz CT molecular complexity index is 543. The molecule has 0 unspecified atom stereocenters. The largest absolute Gasteiger partial charge is 0.385 e. The van der Waals surface area contributed by atoms with Crippen molar-refractivity contribution >= 4 is 22.5 Å². The number of fused-ring (bicyclic) bond motifs is 1. The molecule has 0 saturated heterocycles. The first kappa shape index (κ1) is 11.1. The van der Waals surface area contributed by atoms with Crippen molar-refractivity contribution in [2.75, 3.05) is 0 Å². The summed E-state index contributed by atoms with van der Waals surface area (Å²) >= 11 is 6.11. The van der Waals surface area contributed by atoms with Gasteiger partial charge < -0.3 is 5.11 Å². The zero-order valence-electron chi connectivity index (χ0n) is 9.54. The van der Waals surface area contributed by atoms with Crippen LogP contribution < -0.4 is 0 Å². The van der Waals surface area contributed by atoms with Gasteiger partial charge in [0.1, 0.15) is 0 Å². The normalized spacial score (nSPS) is 19.6. The lowest BCUT2D eigenvalue weighted by Gasteiger charge is -2.32. The van der Waals surface area contributed by atoms with Gasteiger partial charge in [0.2, 0.25) is 0 Å². The summed E-state index contributed by atoms with van der Waals surface area (Å²) in [4.78, 5) is 0. The van der Waals surface area contributed by atoms with E-state index in [1.807, 2.05) is 12.1 Å². The summed E-state index contributed by atoms with van der Waals surface area (Å²) in [5.74, 6) is 0. The Morgan fingerprint density at radius 2 is 2.00 bits per heavy atom. The van der Waals surface area contributed by atoms with Crippen molar-refractivity contribution in [2.45, 2.75) is 37.7 Å². The van der Waals surface area contributed by atoms with Crippen LogP contribution in [0.4, 0.5) is 0 Å². The second-order valence-electron chi connectivity index (χ2n) is 4.88. The van der Waals surface area contributed by atoms with E-state index in [9.17, 15) is 5.11 Å². The quantitative estimate of drug-likeness (QED) is 0.815. The molecule has 0 spiro atoms. The van der Waals surface area contributed by atoms with Gasteiger partial charge in [-0.1, -0.05) is 30.9 Å². The van der Waals surface area contributed by atoms with Crippen LogP contribution in [-0.2, 0) is 5.60 Å². The maximum absolute atomic E-state index is 10.8. The molecule has 3 nitrogen and oxygen atoms in total. The van der Waals surface area contributed by atoms with Crippen LogP contribution in [0.15, 0.2) is 18.3 Å². The third-order valence-corrected chi connectivity index (χ3v) is 3.91. The lowest BCUT2D eigenvalue weighted by molar-refractivity contribution is 0.000600. The Balaban J connectivity index is 2.18. The van der Waals surface area contributed by atoms with Crippen molar-refractivity contribution in [1.29, 1.82) is 0 Å². The molecule has 2 N–H and O–H groups in total. The maximum atomic E-state index is 10.8. The number of nitrogens with one attached hydrogen (secondary N) is 1. The molecule has 4 heteroatoms. The van der Waals surface area contributed by atoms with Crippen molar-refractivity contribution in [3.63, 3.8) is 0 Å². The maximum Gasteiger partial charge on any atom is 0.0917 e. The molecule has 1 aliphatic rings. The fourth-order valence-electron chi connectivity index (χ4n) is 2.79. The number of benzene rings is 1. The predicted molar refractivity (Wildman–Crippen MR) is 68.1 cm³/mol. The van der Waals surface area contributed by atoms with E-state index in [4.69, 9.17) is 11.6 Å². The van der Waals surface area contributed by atoms with E-state index in [0.29, 0.717) is 5.02 Å². The second kappa shape index (κ2) is 4.00. The molecule has 0 radical (unpaired) electrons. The number of H-pyrrole nitrogens is 1. The zero-order chi connectivity index (χ0) is 11.9. The minimum Gasteiger partial charge on any atom is -0.385 e. The van der Waals surface area contributed by atoms with E-state index in [1.165, 1.54) is 6.42 Å². The van der Waals surface area contributed by atoms with E-state index in [-0.39, 0.29) is 0 Å². The highest BCUT2D eigenvalue weighted by molar-refractivity contribution is 6.31. The third-order valence-electron chi connectivity index (χ3n) is 3.70. The molecular formula is C13H15ClN2O. The van der Waals surface area contributed by atoms with Crippen molar-refractivity contribution in [1.82, 2.24) is 10.2 Å². The van der Waals surface area contributed by atoms with Crippen molar-refractivity contribution in [3.8, 4) is 0 Å². The Kier molecular flexibility index (Phi) is 2.60. The van der Waals surface area contributed by atoms with Crippen molar-refractivity contribution in [2.24, 2.45) is 0 Å². The molecule has 0 amide bonds. The standard InChI is InChI=1S/C13H15ClN2O/c14-10-6-9-8-15-16-12(9)11(7-10)13(17)4-2-1-3-5-13/h6-8,17H,1-5H2,(H,15,16). The van der Waals surface area contributed by atoms with Crippen LogP contribution in [-0.4, -0.2) is 15.3 Å². The van der Waals surface area contributed by atoms with E-state index < -0.39 is 5.60 Å². The van der Waals surface area contributed by atoms with Gasteiger partial charge in [0.15, 0.2) is 0 Å². The van der Waals surface area contributed by atoms with Gasteiger partial charge in [-0.3, -0.25) is 5.10 Å². The van der Waals surface area contributed by atoms with E-state index in [0.717, 1.165) is 42.1 Å². The van der Waals surface area contributed by atoms with Gasteiger partial charge >= 0.3 is 0 Å². The number of rotatable bonds is 1. The van der Waals surface area contributed by atoms with Crippen LogP contribution in [0.5, 0.6) is 0 Å². The average Bonchev–Trinajstić information content (AvgIpc) is 2.76. The van der Waals surface area contributed by atoms with Crippen LogP contribution in [0.1, 0.15) is 37.7 Å². The summed E-state index contributed by atoms with van der Waals surface area (Å²) < 4.78 is 0. The fourth-order valence-corrected chi connectivity index (χ4v) is 3.02. The third kappa shape index (κ3) is 1.83. The summed E-state index contributed by atoms with van der Waals surface area (Å²) in [6.45, 7) is 0. The Hall–Kier alpha value is -1.06. The topological polar surface area (TPSA) is 48.9 Å². The number of aromatic amines is 1. The summed E-state index contributed by atoms with van der Waals surface area (Å²) in [5.41, 5.74) is 1.07. The smallest absolute Gasteiger partial charge is 0.0917 e. The van der Waals surface area contributed by atoms with Crippen LogP contribution in [0.2, 0.25) is 5.02 Å². The highest BCUT2D eigenvalue weighted by Crippen LogP contribution is 2.40. The first-order chi connectivity index (χ1) is 8.19. The van der Waals surface area contributed by atoms with Crippen molar-refractivity contribution in [3.05, 3.63) is 28.9 Å². The molecule has 1 fully saturated rings. The highest BCUT2D eigenvalue weighted by atomic mass is 35.5. The molecule has 3 rings (SSSR count). The van der Waals surface area contributed by atoms with Gasteiger partial charge in [-0.25, -0.2) is 0 Å². The predicted octanol–water partition coefficient (Wildman–Crippen LogP) is 3.37. The lowest BCUT2D eigenvalue weighted by Crippen LogP contribution is -2.28. The Morgan fingerprint density at radius 3 is 2.76 bits per heavy atom. The second-order valence-corrected chi connectivity index (χ2v) is 5.32. The molecular weight excluding hydrogens is 236 g/mol. The number of hydrogen-bond acceptors (Lipinski definition) is 2. The monoisotopic (exact) mass is 250 g/mol. The van der Waals surface area contributed by atoms with Crippen molar-refractivity contribution < 1.29 is 5.11 Å². The summed E-state index contributed by atoms with van der Waals surface area (Å²) in [5, 5.41) is 19.4. The van der Waals surface area contributed by atoms with Gasteiger partial charge in [0.25, 0.3) is 0 Å². The highest BCUT2D eigenvalue weighted by Gasteiger charge is 2.33. The number of halogens is 1. The number of aliphatic hydroxyl groups is 1. The lowest BCUT2D eigenvalue weighted by atomic mass is 9.79. The molecule has 1 aromatic carbocycles. The summed E-state index contributed by atoms with van der Waals surface area (Å²) in [6, 6.07) is 3.74. The minimum absolute atomic E-state index is 0.660. The Morgan fingerprint density at radius 1 is 1.24 bits per heavy atom. The SMILES string of the molecule is OC1(c2cc(Cl)cc3cn[nH]c23)CCCCC1. The average molecular weight is 251 g/mol. The van der Waals surface area contributed by atoms with E-state index >= 15 is 0 Å². The molecule has 1 saturated carbocycles. The van der Waals surface area contributed by atoms with Crippen LogP contribution >= 0.6 is 11.6 Å². The summed E-state index contributed by atoms with van der Waals surface area (Å²) in [6.07, 6.45) is 6.70. The molecule has 1 aromatic heterocycles. The molecule has 0 bridgehead atoms. The minimum atomic E-state index is -0.742. The fraction of sp³-hybridized carbons (Fsp3) is 0.462. The Labute approximate surface area is 105 Å². The molecule has 2 aromatic rings. The van der Waals surface area contributed by atoms with E-state index in [2.05, 4.69) is 10.2 Å². The van der Waals surface area contributed by atoms with Crippen LogP contribution in [0.3, 0.4) is 0 Å². The molecule has 90 valence electrons. The number of hydrogen-bond donors (Lipinski definition) is 2. The van der Waals surface area contributed by atoms with Gasteiger partial charge in [-0.05, 0) is 25.0 Å². The first-order valence-corrected chi connectivity index (χ1v) is 6.42. The molecule has 17 heavy (non-hydrogen) atoms. The van der Waals surface area contributed by atoms with Crippen LogP contribution in [0, 0.1) is 0 Å². The van der Waals surface area contributed by atoms with Gasteiger partial charge in [0, 0.05) is 16.0 Å². The number of nitrogens with zero attached hydrogens (tertiary/aromatic N) is 1. The number of aromatic nitrogens is 2. The van der Waals surface area contributed by atoms with Gasteiger partial charge in [-0.2, -0.15) is 5.10 Å². The van der Waals surface area contributed by atoms with Gasteiger partial charge in [0.05, 0.1) is 17.3 Å². The molecule has 0 atom stereocenters. The van der Waals surface area contributed by atoms with E-state index in [1.54, 1.807) is 6.20 Å². The summed E-state index contributed by atoms with van der Waals surface area (Å²) in [7, 11) is 0.